The van der Waals surface area contributed by atoms with Crippen LogP contribution in [0.15, 0.2) is 11.4 Å². The van der Waals surface area contributed by atoms with Gasteiger partial charge < -0.3 is 5.11 Å². The van der Waals surface area contributed by atoms with Gasteiger partial charge in [-0.2, -0.15) is 8.78 Å². The molecule has 0 aliphatic heterocycles. The quantitative estimate of drug-likeness (QED) is 0.860. The van der Waals surface area contributed by atoms with E-state index in [4.69, 9.17) is 16.7 Å². The summed E-state index contributed by atoms with van der Waals surface area (Å²) in [5, 5.41) is 9.68. The Morgan fingerprint density at radius 3 is 2.69 bits per heavy atom. The van der Waals surface area contributed by atoms with Gasteiger partial charge in [0.15, 0.2) is 0 Å². The summed E-state index contributed by atoms with van der Waals surface area (Å²) in [7, 11) is 0. The normalized spacial score (nSPS) is 11.6. The Bertz CT molecular complexity index is 324. The van der Waals surface area contributed by atoms with Crippen LogP contribution in [0.3, 0.4) is 0 Å². The highest BCUT2D eigenvalue weighted by Crippen LogP contribution is 2.28. The molecule has 0 bridgehead atoms. The van der Waals surface area contributed by atoms with E-state index >= 15 is 0 Å². The fraction of sp³-hybridized carbons (Fsp3) is 0.286. The van der Waals surface area contributed by atoms with Crippen LogP contribution < -0.4 is 0 Å². The Kier molecular flexibility index (Phi) is 2.87. The number of thiophene rings is 1. The minimum atomic E-state index is -3.75. The van der Waals surface area contributed by atoms with Crippen molar-refractivity contribution in [2.24, 2.45) is 0 Å². The van der Waals surface area contributed by atoms with Crippen molar-refractivity contribution < 1.29 is 18.7 Å². The third-order valence-electron chi connectivity index (χ3n) is 1.42. The van der Waals surface area contributed by atoms with Crippen molar-refractivity contribution in [1.82, 2.24) is 0 Å². The Labute approximate surface area is 81.8 Å². The van der Waals surface area contributed by atoms with Crippen molar-refractivity contribution in [3.63, 3.8) is 0 Å². The van der Waals surface area contributed by atoms with Crippen LogP contribution in [0.1, 0.15) is 5.56 Å². The van der Waals surface area contributed by atoms with E-state index in [1.54, 1.807) is 0 Å². The molecule has 0 radical (unpaired) electrons. The zero-order valence-electron chi connectivity index (χ0n) is 6.26. The first kappa shape index (κ1) is 10.4. The fourth-order valence-electron chi connectivity index (χ4n) is 0.760. The Balaban J connectivity index is 2.80. The van der Waals surface area contributed by atoms with Crippen LogP contribution in [0.5, 0.6) is 0 Å². The SMILES string of the molecule is O=C(O)C(F)(F)Cc1ccsc1Cl. The summed E-state index contributed by atoms with van der Waals surface area (Å²) in [5.41, 5.74) is 0.166. The average molecular weight is 227 g/mol. The van der Waals surface area contributed by atoms with Crippen LogP contribution in [0.2, 0.25) is 4.34 Å². The van der Waals surface area contributed by atoms with Crippen LogP contribution in [-0.4, -0.2) is 17.0 Å². The summed E-state index contributed by atoms with van der Waals surface area (Å²) in [6, 6.07) is 1.39. The van der Waals surface area contributed by atoms with Gasteiger partial charge in [-0.25, -0.2) is 4.79 Å². The molecule has 1 aromatic rings. The first-order valence-corrected chi connectivity index (χ1v) is 4.52. The number of aliphatic carboxylic acids is 1. The van der Waals surface area contributed by atoms with Gasteiger partial charge in [-0.05, 0) is 17.0 Å². The lowest BCUT2D eigenvalue weighted by molar-refractivity contribution is -0.164. The summed E-state index contributed by atoms with van der Waals surface area (Å²) < 4.78 is 25.5. The second-order valence-corrected chi connectivity index (χ2v) is 3.92. The number of alkyl halides is 2. The maximum Gasteiger partial charge on any atom is 0.374 e. The number of hydrogen-bond acceptors (Lipinski definition) is 2. The van der Waals surface area contributed by atoms with E-state index in [0.29, 0.717) is 0 Å². The second-order valence-electron chi connectivity index (χ2n) is 2.41. The molecule has 2 nitrogen and oxygen atoms in total. The minimum absolute atomic E-state index is 0.166. The predicted octanol–water partition coefficient (Wildman–Crippen LogP) is 2.66. The summed E-state index contributed by atoms with van der Waals surface area (Å²) in [6.45, 7) is 0. The Morgan fingerprint density at radius 2 is 2.31 bits per heavy atom. The van der Waals surface area contributed by atoms with Crippen LogP contribution in [-0.2, 0) is 11.2 Å². The Morgan fingerprint density at radius 1 is 1.69 bits per heavy atom. The first-order chi connectivity index (χ1) is 5.93. The molecule has 0 atom stereocenters. The lowest BCUT2D eigenvalue weighted by Crippen LogP contribution is -2.30. The van der Waals surface area contributed by atoms with Crippen molar-refractivity contribution in [3.8, 4) is 0 Å². The van der Waals surface area contributed by atoms with Crippen molar-refractivity contribution in [2.75, 3.05) is 0 Å². The molecule has 0 aliphatic rings. The lowest BCUT2D eigenvalue weighted by Gasteiger charge is -2.09. The van der Waals surface area contributed by atoms with Crippen LogP contribution in [0.4, 0.5) is 8.78 Å². The van der Waals surface area contributed by atoms with E-state index < -0.39 is 18.3 Å². The average Bonchev–Trinajstić information content (AvgIpc) is 2.35. The van der Waals surface area contributed by atoms with Crippen molar-refractivity contribution in [1.29, 1.82) is 0 Å². The van der Waals surface area contributed by atoms with E-state index in [9.17, 15) is 13.6 Å². The minimum Gasteiger partial charge on any atom is -0.477 e. The molecular weight excluding hydrogens is 222 g/mol. The highest BCUT2D eigenvalue weighted by Gasteiger charge is 2.39. The van der Waals surface area contributed by atoms with Crippen LogP contribution in [0.25, 0.3) is 0 Å². The summed E-state index contributed by atoms with van der Waals surface area (Å²) in [5.74, 6) is -5.88. The largest absolute Gasteiger partial charge is 0.477 e. The van der Waals surface area contributed by atoms with Gasteiger partial charge in [0.2, 0.25) is 0 Å². The molecule has 0 fully saturated rings. The topological polar surface area (TPSA) is 37.3 Å². The summed E-state index contributed by atoms with van der Waals surface area (Å²) >= 11 is 6.64. The van der Waals surface area contributed by atoms with Crippen LogP contribution in [0, 0.1) is 0 Å². The molecule has 1 rings (SSSR count). The van der Waals surface area contributed by atoms with Gasteiger partial charge in [0.1, 0.15) is 0 Å². The number of carboxylic acids is 1. The molecule has 13 heavy (non-hydrogen) atoms. The van der Waals surface area contributed by atoms with Crippen molar-refractivity contribution >= 4 is 28.9 Å². The highest BCUT2D eigenvalue weighted by molar-refractivity contribution is 7.14. The molecule has 0 aliphatic carbocycles. The number of halogens is 3. The highest BCUT2D eigenvalue weighted by atomic mass is 35.5. The van der Waals surface area contributed by atoms with E-state index in [2.05, 4.69) is 0 Å². The van der Waals surface area contributed by atoms with Crippen molar-refractivity contribution in [2.45, 2.75) is 12.3 Å². The number of hydrogen-bond donors (Lipinski definition) is 1. The molecule has 0 saturated heterocycles. The van der Waals surface area contributed by atoms with Gasteiger partial charge in [0, 0.05) is 0 Å². The molecule has 1 N–H and O–H groups in total. The predicted molar refractivity (Wildman–Crippen MR) is 45.6 cm³/mol. The van der Waals surface area contributed by atoms with E-state index in [-0.39, 0.29) is 9.90 Å². The van der Waals surface area contributed by atoms with Gasteiger partial charge in [-0.1, -0.05) is 11.6 Å². The summed E-state index contributed by atoms with van der Waals surface area (Å²) in [4.78, 5) is 10.1. The molecule has 0 aromatic carbocycles. The molecule has 72 valence electrons. The molecular formula is C7H5ClF2O2S. The van der Waals surface area contributed by atoms with Crippen LogP contribution >= 0.6 is 22.9 Å². The third-order valence-corrected chi connectivity index (χ3v) is 2.67. The second kappa shape index (κ2) is 3.59. The molecule has 0 amide bonds. The van der Waals surface area contributed by atoms with E-state index in [0.717, 1.165) is 11.3 Å². The third kappa shape index (κ3) is 2.38. The monoisotopic (exact) mass is 226 g/mol. The zero-order chi connectivity index (χ0) is 10.1. The Hall–Kier alpha value is -0.680. The molecule has 0 unspecified atom stereocenters. The molecule has 1 heterocycles. The number of rotatable bonds is 3. The zero-order valence-corrected chi connectivity index (χ0v) is 7.83. The molecule has 1 aromatic heterocycles. The van der Waals surface area contributed by atoms with Gasteiger partial charge in [-0.3, -0.25) is 0 Å². The maximum atomic E-state index is 12.6. The maximum absolute atomic E-state index is 12.6. The molecule has 0 spiro atoms. The number of carbonyl (C=O) groups is 1. The van der Waals surface area contributed by atoms with Gasteiger partial charge >= 0.3 is 11.9 Å². The first-order valence-electron chi connectivity index (χ1n) is 3.26. The standard InChI is InChI=1S/C7H5ClF2O2S/c8-5-4(1-2-13-5)3-7(9,10)6(11)12/h1-2H,3H2,(H,11,12). The lowest BCUT2D eigenvalue weighted by atomic mass is 10.1. The summed E-state index contributed by atoms with van der Waals surface area (Å²) in [6.07, 6.45) is -0.856. The smallest absolute Gasteiger partial charge is 0.374 e. The molecule has 6 heteroatoms. The molecule has 0 saturated carbocycles. The fourth-order valence-corrected chi connectivity index (χ4v) is 1.69. The van der Waals surface area contributed by atoms with Gasteiger partial charge in [0.25, 0.3) is 0 Å². The number of carboxylic acid groups (broad SMARTS) is 1. The van der Waals surface area contributed by atoms with E-state index in [1.807, 2.05) is 0 Å². The van der Waals surface area contributed by atoms with Gasteiger partial charge in [0.05, 0.1) is 10.8 Å². The van der Waals surface area contributed by atoms with Crippen molar-refractivity contribution in [3.05, 3.63) is 21.3 Å². The van der Waals surface area contributed by atoms with Gasteiger partial charge in [-0.15, -0.1) is 11.3 Å². The van der Waals surface area contributed by atoms with E-state index in [1.165, 1.54) is 11.4 Å².